The van der Waals surface area contributed by atoms with E-state index in [0.717, 1.165) is 10.0 Å². The van der Waals surface area contributed by atoms with Crippen LogP contribution in [0.5, 0.6) is 0 Å². The predicted octanol–water partition coefficient (Wildman–Crippen LogP) is 2.75. The Labute approximate surface area is 108 Å². The Morgan fingerprint density at radius 1 is 1.62 bits per heavy atom. The number of rotatable bonds is 4. The number of esters is 1. The number of ether oxygens (including phenoxy) is 1. The number of carbonyl (C=O) groups excluding carboxylic acids is 1. The van der Waals surface area contributed by atoms with Gasteiger partial charge in [-0.2, -0.15) is 0 Å². The highest BCUT2D eigenvalue weighted by atomic mass is 79.9. The maximum atomic E-state index is 11.1. The van der Waals surface area contributed by atoms with E-state index in [0.29, 0.717) is 11.6 Å². The van der Waals surface area contributed by atoms with Crippen LogP contribution in [0.2, 0.25) is 5.02 Å². The molecule has 0 aromatic heterocycles. The van der Waals surface area contributed by atoms with E-state index >= 15 is 0 Å². The number of halogens is 2. The summed E-state index contributed by atoms with van der Waals surface area (Å²) in [6.07, 6.45) is 0. The van der Waals surface area contributed by atoms with Crippen molar-refractivity contribution in [1.29, 1.82) is 0 Å². The van der Waals surface area contributed by atoms with E-state index < -0.39 is 0 Å². The third-order valence-electron chi connectivity index (χ3n) is 2.15. The molecule has 1 aromatic carbocycles. The molecule has 5 heteroatoms. The minimum absolute atomic E-state index is 0.270. The van der Waals surface area contributed by atoms with Crippen LogP contribution in [0, 0.1) is 0 Å². The monoisotopic (exact) mass is 305 g/mol. The Hall–Kier alpha value is -0.580. The van der Waals surface area contributed by atoms with Crippen molar-refractivity contribution in [3.8, 4) is 0 Å². The van der Waals surface area contributed by atoms with Gasteiger partial charge in [0.1, 0.15) is 6.04 Å². The van der Waals surface area contributed by atoms with E-state index in [1.807, 2.05) is 18.2 Å². The lowest BCUT2D eigenvalue weighted by Crippen LogP contribution is -2.34. The highest BCUT2D eigenvalue weighted by molar-refractivity contribution is 9.10. The highest BCUT2D eigenvalue weighted by Crippen LogP contribution is 2.23. The minimum atomic E-state index is -0.320. The molecule has 0 fully saturated rings. The van der Waals surface area contributed by atoms with Gasteiger partial charge in [-0.25, -0.2) is 0 Å². The fourth-order valence-corrected chi connectivity index (χ4v) is 1.72. The zero-order valence-electron chi connectivity index (χ0n) is 9.09. The molecule has 3 nitrogen and oxygen atoms in total. The van der Waals surface area contributed by atoms with E-state index in [4.69, 9.17) is 11.6 Å². The topological polar surface area (TPSA) is 38.3 Å². The molecule has 0 heterocycles. The molecule has 88 valence electrons. The number of methoxy groups -OCH3 is 1. The summed E-state index contributed by atoms with van der Waals surface area (Å²) < 4.78 is 5.46. The fraction of sp³-hybridized carbons (Fsp3) is 0.364. The summed E-state index contributed by atoms with van der Waals surface area (Å²) in [5.41, 5.74) is 1.05. The molecular formula is C11H13BrClNO2. The van der Waals surface area contributed by atoms with Gasteiger partial charge in [-0.3, -0.25) is 4.79 Å². The van der Waals surface area contributed by atoms with Crippen LogP contribution in [0.25, 0.3) is 0 Å². The summed E-state index contributed by atoms with van der Waals surface area (Å²) in [4.78, 5) is 11.1. The summed E-state index contributed by atoms with van der Waals surface area (Å²) in [5.74, 6) is -0.270. The average Bonchev–Trinajstić information content (AvgIpc) is 2.29. The average molecular weight is 307 g/mol. The molecule has 1 unspecified atom stereocenters. The van der Waals surface area contributed by atoms with E-state index in [1.54, 1.807) is 6.92 Å². The lowest BCUT2D eigenvalue weighted by molar-refractivity contribution is -0.142. The van der Waals surface area contributed by atoms with Crippen LogP contribution in [0.4, 0.5) is 0 Å². The number of carbonyl (C=O) groups is 1. The maximum absolute atomic E-state index is 11.1. The highest BCUT2D eigenvalue weighted by Gasteiger charge is 2.11. The summed E-state index contributed by atoms with van der Waals surface area (Å²) >= 11 is 9.22. The Kier molecular flexibility index (Phi) is 5.25. The smallest absolute Gasteiger partial charge is 0.322 e. The van der Waals surface area contributed by atoms with Crippen LogP contribution in [0.15, 0.2) is 22.7 Å². The lowest BCUT2D eigenvalue weighted by Gasteiger charge is -2.11. The van der Waals surface area contributed by atoms with Gasteiger partial charge >= 0.3 is 5.97 Å². The molecule has 0 aliphatic heterocycles. The third kappa shape index (κ3) is 3.77. The maximum Gasteiger partial charge on any atom is 0.322 e. The fourth-order valence-electron chi connectivity index (χ4n) is 1.18. The van der Waals surface area contributed by atoms with Gasteiger partial charge in [0.05, 0.1) is 12.1 Å². The number of hydrogen-bond acceptors (Lipinski definition) is 3. The van der Waals surface area contributed by atoms with Crippen molar-refractivity contribution in [2.75, 3.05) is 7.11 Å². The molecule has 1 rings (SSSR count). The Morgan fingerprint density at radius 2 is 2.31 bits per heavy atom. The first-order chi connectivity index (χ1) is 7.54. The zero-order chi connectivity index (χ0) is 12.1. The van der Waals surface area contributed by atoms with Crippen molar-refractivity contribution in [2.24, 2.45) is 0 Å². The van der Waals surface area contributed by atoms with Gasteiger partial charge in [-0.05, 0) is 40.5 Å². The van der Waals surface area contributed by atoms with E-state index in [2.05, 4.69) is 26.0 Å². The van der Waals surface area contributed by atoms with Crippen LogP contribution in [0.3, 0.4) is 0 Å². The molecule has 1 atom stereocenters. The Balaban J connectivity index is 2.55. The number of benzene rings is 1. The second-order valence-electron chi connectivity index (χ2n) is 3.37. The second kappa shape index (κ2) is 6.23. The molecule has 0 bridgehead atoms. The largest absolute Gasteiger partial charge is 0.468 e. The van der Waals surface area contributed by atoms with E-state index in [1.165, 1.54) is 7.11 Å². The van der Waals surface area contributed by atoms with Crippen molar-refractivity contribution < 1.29 is 9.53 Å². The molecule has 0 amide bonds. The molecule has 0 spiro atoms. The molecule has 0 radical (unpaired) electrons. The van der Waals surface area contributed by atoms with Crippen LogP contribution in [-0.4, -0.2) is 19.1 Å². The molecule has 16 heavy (non-hydrogen) atoms. The Morgan fingerprint density at radius 3 is 2.88 bits per heavy atom. The quantitative estimate of drug-likeness (QED) is 0.869. The molecule has 1 aromatic rings. The van der Waals surface area contributed by atoms with Gasteiger partial charge in [-0.15, -0.1) is 0 Å². The van der Waals surface area contributed by atoms with Gasteiger partial charge in [0.25, 0.3) is 0 Å². The molecule has 0 saturated heterocycles. The van der Waals surface area contributed by atoms with Crippen molar-refractivity contribution in [3.63, 3.8) is 0 Å². The standard InChI is InChI=1S/C11H13BrClNO2/c1-7(11(15)16-2)14-6-8-3-4-10(13)9(12)5-8/h3-5,7,14H,6H2,1-2H3. The summed E-state index contributed by atoms with van der Waals surface area (Å²) in [6.45, 7) is 2.35. The Bertz CT molecular complexity index is 384. The van der Waals surface area contributed by atoms with Crippen LogP contribution >= 0.6 is 27.5 Å². The number of nitrogens with one attached hydrogen (secondary N) is 1. The van der Waals surface area contributed by atoms with Crippen LogP contribution in [-0.2, 0) is 16.1 Å². The third-order valence-corrected chi connectivity index (χ3v) is 3.37. The second-order valence-corrected chi connectivity index (χ2v) is 4.64. The van der Waals surface area contributed by atoms with Gasteiger partial charge in [-0.1, -0.05) is 17.7 Å². The van der Waals surface area contributed by atoms with Crippen molar-refractivity contribution in [3.05, 3.63) is 33.3 Å². The number of hydrogen-bond donors (Lipinski definition) is 1. The van der Waals surface area contributed by atoms with Crippen molar-refractivity contribution >= 4 is 33.5 Å². The molecular weight excluding hydrogens is 293 g/mol. The zero-order valence-corrected chi connectivity index (χ0v) is 11.4. The lowest BCUT2D eigenvalue weighted by atomic mass is 10.2. The van der Waals surface area contributed by atoms with Crippen molar-refractivity contribution in [2.45, 2.75) is 19.5 Å². The normalized spacial score (nSPS) is 12.2. The molecule has 1 N–H and O–H groups in total. The first-order valence-corrected chi connectivity index (χ1v) is 5.97. The predicted molar refractivity (Wildman–Crippen MR) is 67.5 cm³/mol. The molecule has 0 aliphatic carbocycles. The van der Waals surface area contributed by atoms with E-state index in [9.17, 15) is 4.79 Å². The SMILES string of the molecule is COC(=O)C(C)NCc1ccc(Cl)c(Br)c1. The summed E-state index contributed by atoms with van der Waals surface area (Å²) in [6, 6.07) is 5.31. The van der Waals surface area contributed by atoms with Gasteiger partial charge < -0.3 is 10.1 Å². The minimum Gasteiger partial charge on any atom is -0.468 e. The van der Waals surface area contributed by atoms with Gasteiger partial charge in [0, 0.05) is 11.0 Å². The van der Waals surface area contributed by atoms with E-state index in [-0.39, 0.29) is 12.0 Å². The van der Waals surface area contributed by atoms with Crippen LogP contribution in [0.1, 0.15) is 12.5 Å². The van der Waals surface area contributed by atoms with Gasteiger partial charge in [0.15, 0.2) is 0 Å². The van der Waals surface area contributed by atoms with Crippen LogP contribution < -0.4 is 5.32 Å². The van der Waals surface area contributed by atoms with Gasteiger partial charge in [0.2, 0.25) is 0 Å². The molecule has 0 aliphatic rings. The first-order valence-electron chi connectivity index (χ1n) is 4.79. The summed E-state index contributed by atoms with van der Waals surface area (Å²) in [5, 5.41) is 3.73. The molecule has 0 saturated carbocycles. The first kappa shape index (κ1) is 13.5. The summed E-state index contributed by atoms with van der Waals surface area (Å²) in [7, 11) is 1.37. The van der Waals surface area contributed by atoms with Crippen molar-refractivity contribution in [1.82, 2.24) is 5.32 Å².